The normalized spacial score (nSPS) is 36.2. The van der Waals surface area contributed by atoms with Gasteiger partial charge in [0.15, 0.2) is 0 Å². The fourth-order valence-electron chi connectivity index (χ4n) is 2.67. The summed E-state index contributed by atoms with van der Waals surface area (Å²) in [7, 11) is 0. The summed E-state index contributed by atoms with van der Waals surface area (Å²) < 4.78 is 0. The van der Waals surface area contributed by atoms with E-state index in [-0.39, 0.29) is 0 Å². The standard InChI is InChI=1S/C11H19NO/c13-11-7-4-5-9(11)10-6-2-1-3-8-12-10/h9-10,12H,1-8H2/t9-,10-/m1/s1. The molecule has 0 aromatic heterocycles. The molecule has 1 aliphatic carbocycles. The molecule has 74 valence electrons. The van der Waals surface area contributed by atoms with Crippen LogP contribution in [-0.2, 0) is 4.79 Å². The van der Waals surface area contributed by atoms with Gasteiger partial charge in [0.25, 0.3) is 0 Å². The molecule has 1 saturated carbocycles. The van der Waals surface area contributed by atoms with E-state index >= 15 is 0 Å². The Morgan fingerprint density at radius 3 is 2.77 bits per heavy atom. The number of Topliss-reactive ketones (excluding diaryl/α,β-unsaturated/α-hetero) is 1. The van der Waals surface area contributed by atoms with Crippen LogP contribution >= 0.6 is 0 Å². The predicted molar refractivity (Wildman–Crippen MR) is 52.6 cm³/mol. The van der Waals surface area contributed by atoms with Crippen LogP contribution in [0.15, 0.2) is 0 Å². The monoisotopic (exact) mass is 181 g/mol. The molecule has 2 aliphatic rings. The summed E-state index contributed by atoms with van der Waals surface area (Å²) in [6.45, 7) is 1.12. The third-order valence-electron chi connectivity index (χ3n) is 3.44. The molecule has 0 radical (unpaired) electrons. The molecule has 0 bridgehead atoms. The van der Waals surface area contributed by atoms with Gasteiger partial charge in [-0.05, 0) is 32.2 Å². The minimum atomic E-state index is 0.359. The van der Waals surface area contributed by atoms with Crippen LogP contribution in [0.25, 0.3) is 0 Å². The molecule has 0 aromatic rings. The molecule has 0 spiro atoms. The Hall–Kier alpha value is -0.370. The SMILES string of the molecule is O=C1CCC[C@@H]1[C@H]1CCCCCN1. The van der Waals surface area contributed by atoms with Gasteiger partial charge in [0.1, 0.15) is 5.78 Å². The molecule has 2 heteroatoms. The van der Waals surface area contributed by atoms with E-state index in [1.165, 1.54) is 25.7 Å². The Labute approximate surface area is 80.1 Å². The first-order valence-corrected chi connectivity index (χ1v) is 5.64. The molecular formula is C11H19NO. The summed E-state index contributed by atoms with van der Waals surface area (Å²) >= 11 is 0. The van der Waals surface area contributed by atoms with Crippen LogP contribution in [0.5, 0.6) is 0 Å². The molecule has 1 saturated heterocycles. The molecule has 13 heavy (non-hydrogen) atoms. The smallest absolute Gasteiger partial charge is 0.137 e. The molecule has 2 rings (SSSR count). The van der Waals surface area contributed by atoms with E-state index in [1.54, 1.807) is 0 Å². The number of nitrogens with one attached hydrogen (secondary N) is 1. The average Bonchev–Trinajstić information content (AvgIpc) is 2.43. The van der Waals surface area contributed by atoms with Crippen LogP contribution in [0.3, 0.4) is 0 Å². The molecule has 0 amide bonds. The first-order chi connectivity index (χ1) is 6.38. The van der Waals surface area contributed by atoms with Crippen molar-refractivity contribution in [3.63, 3.8) is 0 Å². The van der Waals surface area contributed by atoms with Gasteiger partial charge in [-0.3, -0.25) is 4.79 Å². The van der Waals surface area contributed by atoms with Crippen LogP contribution in [0.4, 0.5) is 0 Å². The highest BCUT2D eigenvalue weighted by Gasteiger charge is 2.31. The van der Waals surface area contributed by atoms with E-state index in [4.69, 9.17) is 0 Å². The largest absolute Gasteiger partial charge is 0.313 e. The van der Waals surface area contributed by atoms with Gasteiger partial charge in [0.05, 0.1) is 0 Å². The summed E-state index contributed by atoms with van der Waals surface area (Å²) in [5.74, 6) is 0.873. The number of ketones is 1. The Kier molecular flexibility index (Phi) is 2.99. The minimum absolute atomic E-state index is 0.359. The van der Waals surface area contributed by atoms with E-state index < -0.39 is 0 Å². The summed E-state index contributed by atoms with van der Waals surface area (Å²) in [5, 5.41) is 3.53. The summed E-state index contributed by atoms with van der Waals surface area (Å²) in [5.41, 5.74) is 0. The van der Waals surface area contributed by atoms with Gasteiger partial charge in [-0.1, -0.05) is 12.8 Å². The van der Waals surface area contributed by atoms with Crippen LogP contribution in [0.2, 0.25) is 0 Å². The van der Waals surface area contributed by atoms with Crippen molar-refractivity contribution in [2.75, 3.05) is 6.54 Å². The van der Waals surface area contributed by atoms with E-state index in [0.717, 1.165) is 25.8 Å². The quantitative estimate of drug-likeness (QED) is 0.669. The highest BCUT2D eigenvalue weighted by atomic mass is 16.1. The molecular weight excluding hydrogens is 162 g/mol. The molecule has 1 N–H and O–H groups in total. The lowest BCUT2D eigenvalue weighted by atomic mass is 9.94. The maximum atomic E-state index is 11.5. The number of carbonyl (C=O) groups excluding carboxylic acids is 1. The maximum absolute atomic E-state index is 11.5. The van der Waals surface area contributed by atoms with Crippen LogP contribution in [-0.4, -0.2) is 18.4 Å². The number of rotatable bonds is 1. The Balaban J connectivity index is 1.93. The second kappa shape index (κ2) is 4.23. The second-order valence-corrected chi connectivity index (χ2v) is 4.37. The molecule has 1 aliphatic heterocycles. The van der Waals surface area contributed by atoms with Crippen LogP contribution in [0, 0.1) is 5.92 Å². The number of carbonyl (C=O) groups is 1. The third-order valence-corrected chi connectivity index (χ3v) is 3.44. The van der Waals surface area contributed by atoms with E-state index in [2.05, 4.69) is 5.32 Å². The van der Waals surface area contributed by atoms with Gasteiger partial charge in [-0.2, -0.15) is 0 Å². The zero-order chi connectivity index (χ0) is 9.10. The van der Waals surface area contributed by atoms with E-state index in [1.807, 2.05) is 0 Å². The van der Waals surface area contributed by atoms with Crippen molar-refractivity contribution in [1.82, 2.24) is 5.32 Å². The predicted octanol–water partition coefficient (Wildman–Crippen LogP) is 1.89. The lowest BCUT2D eigenvalue weighted by Crippen LogP contribution is -2.37. The number of hydrogen-bond acceptors (Lipinski definition) is 2. The zero-order valence-electron chi connectivity index (χ0n) is 8.22. The van der Waals surface area contributed by atoms with Crippen molar-refractivity contribution < 1.29 is 4.79 Å². The lowest BCUT2D eigenvalue weighted by molar-refractivity contribution is -0.121. The van der Waals surface area contributed by atoms with E-state index in [0.29, 0.717) is 17.7 Å². The summed E-state index contributed by atoms with van der Waals surface area (Å²) in [4.78, 5) is 11.5. The average molecular weight is 181 g/mol. The van der Waals surface area contributed by atoms with Gasteiger partial charge in [0.2, 0.25) is 0 Å². The Bertz CT molecular complexity index is 183. The zero-order valence-corrected chi connectivity index (χ0v) is 8.22. The summed E-state index contributed by atoms with van der Waals surface area (Å²) in [6, 6.07) is 0.512. The second-order valence-electron chi connectivity index (χ2n) is 4.37. The molecule has 2 nitrogen and oxygen atoms in total. The van der Waals surface area contributed by atoms with Crippen molar-refractivity contribution in [3.05, 3.63) is 0 Å². The topological polar surface area (TPSA) is 29.1 Å². The van der Waals surface area contributed by atoms with Crippen molar-refractivity contribution in [1.29, 1.82) is 0 Å². The van der Waals surface area contributed by atoms with Crippen molar-refractivity contribution in [2.45, 2.75) is 51.0 Å². The van der Waals surface area contributed by atoms with Gasteiger partial charge in [-0.15, -0.1) is 0 Å². The highest BCUT2D eigenvalue weighted by Crippen LogP contribution is 2.27. The fourth-order valence-corrected chi connectivity index (χ4v) is 2.67. The highest BCUT2D eigenvalue weighted by molar-refractivity contribution is 5.83. The number of hydrogen-bond donors (Lipinski definition) is 1. The minimum Gasteiger partial charge on any atom is -0.313 e. The van der Waals surface area contributed by atoms with E-state index in [9.17, 15) is 4.79 Å². The van der Waals surface area contributed by atoms with Gasteiger partial charge in [0, 0.05) is 18.4 Å². The fraction of sp³-hybridized carbons (Fsp3) is 0.909. The van der Waals surface area contributed by atoms with Crippen LogP contribution in [0.1, 0.15) is 44.9 Å². The van der Waals surface area contributed by atoms with Gasteiger partial charge >= 0.3 is 0 Å². The molecule has 2 fully saturated rings. The first kappa shape index (κ1) is 9.20. The third kappa shape index (κ3) is 2.11. The van der Waals surface area contributed by atoms with Crippen molar-refractivity contribution in [3.8, 4) is 0 Å². The lowest BCUT2D eigenvalue weighted by Gasteiger charge is -2.21. The van der Waals surface area contributed by atoms with Crippen molar-refractivity contribution in [2.24, 2.45) is 5.92 Å². The Morgan fingerprint density at radius 2 is 2.00 bits per heavy atom. The molecule has 0 aromatic carbocycles. The van der Waals surface area contributed by atoms with Gasteiger partial charge < -0.3 is 5.32 Å². The summed E-state index contributed by atoms with van der Waals surface area (Å²) in [6.07, 6.45) is 8.25. The van der Waals surface area contributed by atoms with Crippen molar-refractivity contribution >= 4 is 5.78 Å². The molecule has 1 heterocycles. The van der Waals surface area contributed by atoms with Crippen LogP contribution < -0.4 is 5.32 Å². The van der Waals surface area contributed by atoms with Gasteiger partial charge in [-0.25, -0.2) is 0 Å². The molecule has 2 atom stereocenters. The first-order valence-electron chi connectivity index (χ1n) is 5.64. The molecule has 0 unspecified atom stereocenters. The maximum Gasteiger partial charge on any atom is 0.137 e. The Morgan fingerprint density at radius 1 is 1.08 bits per heavy atom.